The lowest BCUT2D eigenvalue weighted by Gasteiger charge is -2.38. The maximum atomic E-state index is 11.5. The van der Waals surface area contributed by atoms with E-state index in [1.807, 2.05) is 38.1 Å². The van der Waals surface area contributed by atoms with Crippen molar-refractivity contribution < 1.29 is 13.5 Å². The molecule has 0 aromatic heterocycles. The molecule has 1 fully saturated rings. The van der Waals surface area contributed by atoms with Crippen LogP contribution in [0, 0.1) is 6.92 Å². The molecule has 2 rings (SSSR count). The third kappa shape index (κ3) is 4.03. The quantitative estimate of drug-likeness (QED) is 0.901. The standard InChI is InChI=1S/C15H24N2O3S/c1-12-4-6-14(7-5-12)15(18)13(2)16-8-10-17(11-9-16)21(3,19)20/h4-7,13,15,18H,8-11H2,1-3H3. The molecule has 1 aliphatic rings. The number of hydrogen-bond acceptors (Lipinski definition) is 4. The van der Waals surface area contributed by atoms with Crippen molar-refractivity contribution in [2.45, 2.75) is 26.0 Å². The Bertz CT molecular complexity index is 563. The lowest BCUT2D eigenvalue weighted by molar-refractivity contribution is 0.0402. The molecule has 1 aromatic rings. The van der Waals surface area contributed by atoms with Gasteiger partial charge < -0.3 is 5.11 Å². The number of aryl methyl sites for hydroxylation is 1. The normalized spacial score (nSPS) is 21.1. The van der Waals surface area contributed by atoms with E-state index in [4.69, 9.17) is 0 Å². The van der Waals surface area contributed by atoms with E-state index in [9.17, 15) is 13.5 Å². The molecular formula is C15H24N2O3S. The molecule has 2 atom stereocenters. The number of aliphatic hydroxyl groups is 1. The maximum absolute atomic E-state index is 11.5. The Morgan fingerprint density at radius 2 is 1.62 bits per heavy atom. The Balaban J connectivity index is 1.98. The van der Waals surface area contributed by atoms with Crippen molar-refractivity contribution in [3.63, 3.8) is 0 Å². The summed E-state index contributed by atoms with van der Waals surface area (Å²) in [6.45, 7) is 6.28. The van der Waals surface area contributed by atoms with Crippen LogP contribution in [0.5, 0.6) is 0 Å². The fourth-order valence-electron chi connectivity index (χ4n) is 2.68. The van der Waals surface area contributed by atoms with Gasteiger partial charge >= 0.3 is 0 Å². The summed E-state index contributed by atoms with van der Waals surface area (Å²) in [5.41, 5.74) is 2.07. The van der Waals surface area contributed by atoms with Gasteiger partial charge in [0.1, 0.15) is 0 Å². The number of benzene rings is 1. The molecule has 118 valence electrons. The predicted molar refractivity (Wildman–Crippen MR) is 83.6 cm³/mol. The third-order valence-corrected chi connectivity index (χ3v) is 5.50. The minimum atomic E-state index is -3.11. The summed E-state index contributed by atoms with van der Waals surface area (Å²) in [4.78, 5) is 2.15. The highest BCUT2D eigenvalue weighted by molar-refractivity contribution is 7.88. The van der Waals surface area contributed by atoms with Crippen molar-refractivity contribution in [2.24, 2.45) is 0 Å². The monoisotopic (exact) mass is 312 g/mol. The Labute approximate surface area is 127 Å². The first kappa shape index (κ1) is 16.4. The summed E-state index contributed by atoms with van der Waals surface area (Å²) >= 11 is 0. The zero-order valence-corrected chi connectivity index (χ0v) is 13.7. The van der Waals surface area contributed by atoms with Gasteiger partial charge in [-0.05, 0) is 19.4 Å². The number of hydrogen-bond donors (Lipinski definition) is 1. The number of nitrogens with zero attached hydrogens (tertiary/aromatic N) is 2. The van der Waals surface area contributed by atoms with Gasteiger partial charge in [0.25, 0.3) is 0 Å². The van der Waals surface area contributed by atoms with Crippen LogP contribution in [0.4, 0.5) is 0 Å². The molecule has 0 radical (unpaired) electrons. The molecule has 1 heterocycles. The summed E-state index contributed by atoms with van der Waals surface area (Å²) in [5.74, 6) is 0. The van der Waals surface area contributed by atoms with E-state index in [-0.39, 0.29) is 6.04 Å². The van der Waals surface area contributed by atoms with Gasteiger partial charge in [-0.2, -0.15) is 4.31 Å². The van der Waals surface area contributed by atoms with Gasteiger partial charge in [-0.15, -0.1) is 0 Å². The van der Waals surface area contributed by atoms with E-state index in [1.165, 1.54) is 16.1 Å². The fraction of sp³-hybridized carbons (Fsp3) is 0.600. The van der Waals surface area contributed by atoms with Crippen molar-refractivity contribution >= 4 is 10.0 Å². The van der Waals surface area contributed by atoms with Gasteiger partial charge in [-0.25, -0.2) is 8.42 Å². The number of rotatable bonds is 4. The largest absolute Gasteiger partial charge is 0.387 e. The zero-order valence-electron chi connectivity index (χ0n) is 12.9. The second kappa shape index (κ2) is 6.44. The number of piperazine rings is 1. The Hall–Kier alpha value is -0.950. The first-order valence-electron chi connectivity index (χ1n) is 7.23. The molecule has 1 aromatic carbocycles. The molecule has 6 heteroatoms. The predicted octanol–water partition coefficient (Wildman–Crippen LogP) is 0.994. The summed E-state index contributed by atoms with van der Waals surface area (Å²) < 4.78 is 24.5. The molecule has 21 heavy (non-hydrogen) atoms. The van der Waals surface area contributed by atoms with Crippen molar-refractivity contribution in [3.05, 3.63) is 35.4 Å². The van der Waals surface area contributed by atoms with Gasteiger partial charge in [0.05, 0.1) is 12.4 Å². The first-order valence-corrected chi connectivity index (χ1v) is 9.07. The van der Waals surface area contributed by atoms with Gasteiger partial charge in [-0.3, -0.25) is 4.90 Å². The lowest BCUT2D eigenvalue weighted by atomic mass is 10.0. The van der Waals surface area contributed by atoms with Crippen molar-refractivity contribution in [1.29, 1.82) is 0 Å². The molecule has 1 saturated heterocycles. The molecule has 0 amide bonds. The summed E-state index contributed by atoms with van der Waals surface area (Å²) in [7, 11) is -3.11. The van der Waals surface area contributed by atoms with Crippen molar-refractivity contribution in [2.75, 3.05) is 32.4 Å². The average Bonchev–Trinajstić information content (AvgIpc) is 2.46. The third-order valence-electron chi connectivity index (χ3n) is 4.19. The molecule has 5 nitrogen and oxygen atoms in total. The van der Waals surface area contributed by atoms with E-state index in [2.05, 4.69) is 4.90 Å². The smallest absolute Gasteiger partial charge is 0.211 e. The number of sulfonamides is 1. The van der Waals surface area contributed by atoms with Gasteiger partial charge in [0, 0.05) is 32.2 Å². The maximum Gasteiger partial charge on any atom is 0.211 e. The van der Waals surface area contributed by atoms with Crippen LogP contribution in [0.15, 0.2) is 24.3 Å². The van der Waals surface area contributed by atoms with Gasteiger partial charge in [-0.1, -0.05) is 29.8 Å². The molecule has 0 saturated carbocycles. The minimum absolute atomic E-state index is 0.0329. The topological polar surface area (TPSA) is 60.9 Å². The van der Waals surface area contributed by atoms with E-state index in [0.29, 0.717) is 26.2 Å². The molecular weight excluding hydrogens is 288 g/mol. The highest BCUT2D eigenvalue weighted by Gasteiger charge is 2.29. The van der Waals surface area contributed by atoms with Crippen LogP contribution in [-0.2, 0) is 10.0 Å². The van der Waals surface area contributed by atoms with Crippen LogP contribution in [0.25, 0.3) is 0 Å². The highest BCUT2D eigenvalue weighted by atomic mass is 32.2. The van der Waals surface area contributed by atoms with Crippen LogP contribution in [0.2, 0.25) is 0 Å². The minimum Gasteiger partial charge on any atom is -0.387 e. The first-order chi connectivity index (χ1) is 9.79. The second-order valence-corrected chi connectivity index (χ2v) is 7.78. The summed E-state index contributed by atoms with van der Waals surface area (Å²) in [6.07, 6.45) is 0.683. The van der Waals surface area contributed by atoms with Gasteiger partial charge in [0.15, 0.2) is 0 Å². The van der Waals surface area contributed by atoms with Crippen molar-refractivity contribution in [3.8, 4) is 0 Å². The van der Waals surface area contributed by atoms with Gasteiger partial charge in [0.2, 0.25) is 10.0 Å². The highest BCUT2D eigenvalue weighted by Crippen LogP contribution is 2.22. The lowest BCUT2D eigenvalue weighted by Crippen LogP contribution is -2.52. The SMILES string of the molecule is Cc1ccc(C(O)C(C)N2CCN(S(C)(=O)=O)CC2)cc1. The van der Waals surface area contributed by atoms with Crippen LogP contribution >= 0.6 is 0 Å². The fourth-order valence-corrected chi connectivity index (χ4v) is 3.51. The van der Waals surface area contributed by atoms with E-state index in [1.54, 1.807) is 0 Å². The Morgan fingerprint density at radius 1 is 1.10 bits per heavy atom. The average molecular weight is 312 g/mol. The number of aliphatic hydroxyl groups excluding tert-OH is 1. The Kier molecular flexibility index (Phi) is 5.03. The molecule has 1 aliphatic heterocycles. The molecule has 0 bridgehead atoms. The van der Waals surface area contributed by atoms with Crippen LogP contribution in [0.1, 0.15) is 24.2 Å². The van der Waals surface area contributed by atoms with E-state index >= 15 is 0 Å². The van der Waals surface area contributed by atoms with Crippen LogP contribution in [0.3, 0.4) is 0 Å². The van der Waals surface area contributed by atoms with E-state index < -0.39 is 16.1 Å². The zero-order chi connectivity index (χ0) is 15.6. The molecule has 1 N–H and O–H groups in total. The molecule has 0 spiro atoms. The molecule has 0 aliphatic carbocycles. The second-order valence-electron chi connectivity index (χ2n) is 5.79. The summed E-state index contributed by atoms with van der Waals surface area (Å²) in [5, 5.41) is 10.5. The van der Waals surface area contributed by atoms with Crippen molar-refractivity contribution in [1.82, 2.24) is 9.21 Å². The summed E-state index contributed by atoms with van der Waals surface area (Å²) in [6, 6.07) is 7.85. The van der Waals surface area contributed by atoms with Crippen LogP contribution < -0.4 is 0 Å². The van der Waals surface area contributed by atoms with Crippen LogP contribution in [-0.4, -0.2) is 61.2 Å². The Morgan fingerprint density at radius 3 is 2.10 bits per heavy atom. The van der Waals surface area contributed by atoms with E-state index in [0.717, 1.165) is 5.56 Å². The molecule has 2 unspecified atom stereocenters.